The minimum Gasteiger partial charge on any atom is -0.478 e. The maximum absolute atomic E-state index is 11.9. The van der Waals surface area contributed by atoms with Crippen molar-refractivity contribution in [2.75, 3.05) is 6.54 Å². The van der Waals surface area contributed by atoms with E-state index in [2.05, 4.69) is 4.72 Å². The zero-order valence-electron chi connectivity index (χ0n) is 9.90. The molecule has 96 valence electrons. The third-order valence-electron chi connectivity index (χ3n) is 2.23. The number of carboxylic acids is 1. The minimum atomic E-state index is -3.83. The Balaban J connectivity index is 3.35. The van der Waals surface area contributed by atoms with Crippen LogP contribution in [0.1, 0.15) is 35.2 Å². The van der Waals surface area contributed by atoms with E-state index in [1.54, 1.807) is 0 Å². The molecule has 0 saturated heterocycles. The van der Waals surface area contributed by atoms with Crippen LogP contribution in [0, 0.1) is 13.8 Å². The van der Waals surface area contributed by atoms with Crippen LogP contribution in [0.3, 0.4) is 0 Å². The maximum Gasteiger partial charge on any atom is 0.340 e. The number of nitrogens with one attached hydrogen (secondary N) is 1. The van der Waals surface area contributed by atoms with Crippen LogP contribution in [0.25, 0.3) is 0 Å². The summed E-state index contributed by atoms with van der Waals surface area (Å²) in [6.45, 7) is 4.93. The first-order valence-electron chi connectivity index (χ1n) is 5.14. The number of hydrogen-bond acceptors (Lipinski definition) is 4. The molecule has 2 N–H and O–H groups in total. The van der Waals surface area contributed by atoms with E-state index in [1.165, 1.54) is 13.8 Å². The highest BCUT2D eigenvalue weighted by atomic mass is 32.2. The predicted molar refractivity (Wildman–Crippen MR) is 60.6 cm³/mol. The molecular formula is C10H15NO5S. The Labute approximate surface area is 99.7 Å². The van der Waals surface area contributed by atoms with Gasteiger partial charge in [0.1, 0.15) is 22.0 Å². The normalized spacial score (nSPS) is 11.7. The molecule has 0 atom stereocenters. The SMILES string of the molecule is CCCNS(=O)(=O)c1c(C)oc(C)c1C(=O)O. The van der Waals surface area contributed by atoms with E-state index in [9.17, 15) is 13.2 Å². The van der Waals surface area contributed by atoms with Crippen LogP contribution >= 0.6 is 0 Å². The van der Waals surface area contributed by atoms with E-state index in [0.717, 1.165) is 0 Å². The van der Waals surface area contributed by atoms with E-state index in [-0.39, 0.29) is 28.5 Å². The van der Waals surface area contributed by atoms with Crippen LogP contribution in [0.15, 0.2) is 9.31 Å². The van der Waals surface area contributed by atoms with Crippen LogP contribution in [0.2, 0.25) is 0 Å². The number of furan rings is 1. The highest BCUT2D eigenvalue weighted by Gasteiger charge is 2.30. The lowest BCUT2D eigenvalue weighted by Gasteiger charge is -2.05. The van der Waals surface area contributed by atoms with Crippen molar-refractivity contribution >= 4 is 16.0 Å². The number of sulfonamides is 1. The smallest absolute Gasteiger partial charge is 0.340 e. The van der Waals surface area contributed by atoms with Crippen LogP contribution in [-0.4, -0.2) is 26.0 Å². The Kier molecular flexibility index (Phi) is 3.94. The van der Waals surface area contributed by atoms with Gasteiger partial charge in [0.05, 0.1) is 0 Å². The first-order chi connectivity index (χ1) is 7.81. The highest BCUT2D eigenvalue weighted by molar-refractivity contribution is 7.89. The van der Waals surface area contributed by atoms with Gasteiger partial charge >= 0.3 is 5.97 Å². The fraction of sp³-hybridized carbons (Fsp3) is 0.500. The number of aromatic carboxylic acids is 1. The second-order valence-electron chi connectivity index (χ2n) is 3.62. The summed E-state index contributed by atoms with van der Waals surface area (Å²) in [5.41, 5.74) is -0.300. The highest BCUT2D eigenvalue weighted by Crippen LogP contribution is 2.26. The number of carbonyl (C=O) groups is 1. The van der Waals surface area contributed by atoms with Crippen molar-refractivity contribution in [3.63, 3.8) is 0 Å². The van der Waals surface area contributed by atoms with Crippen molar-refractivity contribution in [2.24, 2.45) is 0 Å². The maximum atomic E-state index is 11.9. The standard InChI is InChI=1S/C10H15NO5S/c1-4-5-11-17(14,15)9-7(3)16-6(2)8(9)10(12)13/h11H,4-5H2,1-3H3,(H,12,13). The second-order valence-corrected chi connectivity index (χ2v) is 5.33. The summed E-state index contributed by atoms with van der Waals surface area (Å²) in [4.78, 5) is 10.7. The summed E-state index contributed by atoms with van der Waals surface area (Å²) in [5, 5.41) is 9.00. The lowest BCUT2D eigenvalue weighted by molar-refractivity contribution is 0.0691. The van der Waals surface area contributed by atoms with Crippen molar-refractivity contribution in [1.29, 1.82) is 0 Å². The molecule has 0 fully saturated rings. The molecular weight excluding hydrogens is 246 g/mol. The third-order valence-corrected chi connectivity index (χ3v) is 3.84. The van der Waals surface area contributed by atoms with Crippen molar-refractivity contribution in [3.05, 3.63) is 17.1 Å². The summed E-state index contributed by atoms with van der Waals surface area (Å²) < 4.78 is 31.2. The van der Waals surface area contributed by atoms with E-state index >= 15 is 0 Å². The zero-order valence-corrected chi connectivity index (χ0v) is 10.7. The number of rotatable bonds is 5. The minimum absolute atomic E-state index is 0.0866. The summed E-state index contributed by atoms with van der Waals surface area (Å²) in [6.07, 6.45) is 0.623. The second kappa shape index (κ2) is 4.89. The molecule has 0 radical (unpaired) electrons. The van der Waals surface area contributed by atoms with Crippen molar-refractivity contribution < 1.29 is 22.7 Å². The molecule has 0 aliphatic carbocycles. The molecule has 1 aromatic rings. The Morgan fingerprint density at radius 2 is 1.94 bits per heavy atom. The first-order valence-corrected chi connectivity index (χ1v) is 6.62. The number of aryl methyl sites for hydroxylation is 2. The van der Waals surface area contributed by atoms with E-state index in [0.29, 0.717) is 6.42 Å². The fourth-order valence-corrected chi connectivity index (χ4v) is 3.08. The fourth-order valence-electron chi connectivity index (χ4n) is 1.54. The van der Waals surface area contributed by atoms with Gasteiger partial charge in [0, 0.05) is 6.54 Å². The Bertz CT molecular complexity index is 529. The van der Waals surface area contributed by atoms with Crippen LogP contribution in [0.4, 0.5) is 0 Å². The van der Waals surface area contributed by atoms with Gasteiger partial charge < -0.3 is 9.52 Å². The summed E-state index contributed by atoms with van der Waals surface area (Å²) in [5.74, 6) is -1.13. The predicted octanol–water partition coefficient (Wildman–Crippen LogP) is 1.28. The van der Waals surface area contributed by atoms with E-state index < -0.39 is 16.0 Å². The molecule has 1 rings (SSSR count). The quantitative estimate of drug-likeness (QED) is 0.832. The zero-order chi connectivity index (χ0) is 13.2. The van der Waals surface area contributed by atoms with Gasteiger partial charge in [0.2, 0.25) is 10.0 Å². The van der Waals surface area contributed by atoms with Gasteiger partial charge in [-0.2, -0.15) is 0 Å². The van der Waals surface area contributed by atoms with Crippen molar-refractivity contribution in [3.8, 4) is 0 Å². The summed E-state index contributed by atoms with van der Waals surface area (Å²) in [6, 6.07) is 0. The molecule has 1 aromatic heterocycles. The average Bonchev–Trinajstić information content (AvgIpc) is 2.51. The Morgan fingerprint density at radius 1 is 1.35 bits per heavy atom. The van der Waals surface area contributed by atoms with Gasteiger partial charge in [0.25, 0.3) is 0 Å². The Morgan fingerprint density at radius 3 is 2.41 bits per heavy atom. The van der Waals surface area contributed by atoms with Gasteiger partial charge in [-0.3, -0.25) is 0 Å². The number of carboxylic acid groups (broad SMARTS) is 1. The van der Waals surface area contributed by atoms with Crippen LogP contribution < -0.4 is 4.72 Å². The van der Waals surface area contributed by atoms with Gasteiger partial charge in [0.15, 0.2) is 0 Å². The van der Waals surface area contributed by atoms with Crippen LogP contribution in [-0.2, 0) is 10.0 Å². The molecule has 0 amide bonds. The lowest BCUT2D eigenvalue weighted by Crippen LogP contribution is -2.26. The molecule has 7 heteroatoms. The third kappa shape index (κ3) is 2.67. The Hall–Kier alpha value is -1.34. The molecule has 1 heterocycles. The summed E-state index contributed by atoms with van der Waals surface area (Å²) >= 11 is 0. The van der Waals surface area contributed by atoms with Crippen molar-refractivity contribution in [2.45, 2.75) is 32.1 Å². The molecule has 6 nitrogen and oxygen atoms in total. The number of hydrogen-bond donors (Lipinski definition) is 2. The average molecular weight is 261 g/mol. The molecule has 0 spiro atoms. The van der Waals surface area contributed by atoms with Gasteiger partial charge in [-0.25, -0.2) is 17.9 Å². The van der Waals surface area contributed by atoms with Gasteiger partial charge in [-0.1, -0.05) is 6.92 Å². The van der Waals surface area contributed by atoms with Gasteiger partial charge in [-0.15, -0.1) is 0 Å². The first kappa shape index (κ1) is 13.7. The molecule has 0 unspecified atom stereocenters. The van der Waals surface area contributed by atoms with Crippen molar-refractivity contribution in [1.82, 2.24) is 4.72 Å². The monoisotopic (exact) mass is 261 g/mol. The van der Waals surface area contributed by atoms with E-state index in [1.807, 2.05) is 6.92 Å². The largest absolute Gasteiger partial charge is 0.478 e. The molecule has 0 saturated carbocycles. The topological polar surface area (TPSA) is 96.6 Å². The summed E-state index contributed by atoms with van der Waals surface area (Å²) in [7, 11) is -3.83. The van der Waals surface area contributed by atoms with E-state index in [4.69, 9.17) is 9.52 Å². The molecule has 0 aliphatic rings. The molecule has 0 bridgehead atoms. The van der Waals surface area contributed by atoms with Crippen LogP contribution in [0.5, 0.6) is 0 Å². The lowest BCUT2D eigenvalue weighted by atomic mass is 10.2. The molecule has 0 aromatic carbocycles. The van der Waals surface area contributed by atoms with Gasteiger partial charge in [-0.05, 0) is 20.3 Å². The molecule has 17 heavy (non-hydrogen) atoms. The molecule has 0 aliphatic heterocycles.